The number of phosphoric acid groups is 1. The van der Waals surface area contributed by atoms with Crippen molar-refractivity contribution in [2.45, 2.75) is 63.6 Å². The van der Waals surface area contributed by atoms with Crippen molar-refractivity contribution in [1.29, 1.82) is 0 Å². The van der Waals surface area contributed by atoms with Crippen molar-refractivity contribution < 1.29 is 42.9 Å². The summed E-state index contributed by atoms with van der Waals surface area (Å²) in [6, 6.07) is 0. The van der Waals surface area contributed by atoms with Crippen molar-refractivity contribution in [3.05, 3.63) is 65.2 Å². The minimum atomic E-state index is -4.43. The number of rotatable bonds is 15. The van der Waals surface area contributed by atoms with Gasteiger partial charge in [0, 0.05) is 47.9 Å². The molecule has 4 rings (SSSR count). The molecule has 2 aliphatic rings. The van der Waals surface area contributed by atoms with Gasteiger partial charge in [0.2, 0.25) is 0 Å². The van der Waals surface area contributed by atoms with Gasteiger partial charge >= 0.3 is 19.2 Å². The Hall–Kier alpha value is -2.03. The SMILES string of the molecule is Cc1cn([C@H]2CC(O)[C@@H](COP(=O)(OCCSSCCO)OC3C[C@H](n4cc(C)c(=O)[nH]c4=O)O[C@@H]3CO)O2)c(=O)[nH]c1=O. The highest BCUT2D eigenvalue weighted by Gasteiger charge is 2.44. The topological polar surface area (TPSA) is 234 Å². The minimum Gasteiger partial charge on any atom is -0.395 e. The number of phosphoric ester groups is 1. The monoisotopic (exact) mass is 682 g/mol. The first kappa shape index (κ1) is 34.8. The van der Waals surface area contributed by atoms with Crippen molar-refractivity contribution in [3.63, 3.8) is 0 Å². The highest BCUT2D eigenvalue weighted by Crippen LogP contribution is 2.53. The number of hydrogen-bond donors (Lipinski definition) is 5. The second-order valence-electron chi connectivity index (χ2n) is 10.0. The molecule has 2 saturated heterocycles. The number of aromatic nitrogens is 4. The van der Waals surface area contributed by atoms with Crippen LogP contribution in [0, 0.1) is 13.8 Å². The second kappa shape index (κ2) is 15.5. The predicted octanol–water partition coefficient (Wildman–Crippen LogP) is -0.468. The molecule has 0 amide bonds. The molecule has 0 aromatic carbocycles. The van der Waals surface area contributed by atoms with E-state index in [9.17, 15) is 34.0 Å². The van der Waals surface area contributed by atoms with Crippen molar-refractivity contribution in [1.82, 2.24) is 19.1 Å². The normalized spacial score (nSPS) is 26.7. The number of aromatic amines is 2. The summed E-state index contributed by atoms with van der Waals surface area (Å²) in [4.78, 5) is 52.6. The summed E-state index contributed by atoms with van der Waals surface area (Å²) in [5.41, 5.74) is -2.06. The zero-order valence-electron chi connectivity index (χ0n) is 23.9. The van der Waals surface area contributed by atoms with Crippen LogP contribution in [0.3, 0.4) is 0 Å². The summed E-state index contributed by atoms with van der Waals surface area (Å²) >= 11 is 0. The van der Waals surface area contributed by atoms with Crippen LogP contribution >= 0.6 is 29.4 Å². The maximum atomic E-state index is 13.9. The van der Waals surface area contributed by atoms with Crippen LogP contribution in [0.25, 0.3) is 0 Å². The first-order valence-corrected chi connectivity index (χ1v) is 17.6. The summed E-state index contributed by atoms with van der Waals surface area (Å²) in [6.07, 6.45) is -3.69. The van der Waals surface area contributed by atoms with Gasteiger partial charge in [-0.05, 0) is 13.8 Å². The number of aryl methyl sites for hydroxylation is 2. The van der Waals surface area contributed by atoms with Gasteiger partial charge in [-0.1, -0.05) is 21.6 Å². The van der Waals surface area contributed by atoms with E-state index in [0.29, 0.717) is 11.5 Å². The molecule has 0 aliphatic carbocycles. The number of aliphatic hydroxyl groups is 3. The lowest BCUT2D eigenvalue weighted by Crippen LogP contribution is -2.33. The van der Waals surface area contributed by atoms with Gasteiger partial charge in [0.25, 0.3) is 11.1 Å². The average molecular weight is 683 g/mol. The number of nitrogens with one attached hydrogen (secondary N) is 2. The lowest BCUT2D eigenvalue weighted by Gasteiger charge is -2.25. The molecule has 5 N–H and O–H groups in total. The van der Waals surface area contributed by atoms with Crippen molar-refractivity contribution in [2.24, 2.45) is 0 Å². The number of ether oxygens (including phenoxy) is 2. The van der Waals surface area contributed by atoms with Gasteiger partial charge in [-0.15, -0.1) is 0 Å². The molecular weight excluding hydrogens is 647 g/mol. The molecule has 0 bridgehead atoms. The molecule has 2 aliphatic heterocycles. The molecule has 3 unspecified atom stereocenters. The molecule has 246 valence electrons. The van der Waals surface area contributed by atoms with E-state index in [0.717, 1.165) is 9.13 Å². The quantitative estimate of drug-likeness (QED) is 0.0908. The van der Waals surface area contributed by atoms with Crippen molar-refractivity contribution in [3.8, 4) is 0 Å². The standard InChI is InChI=1S/C24H35N4O13PS2/c1-13-9-27(23(34)25-21(13)32)19-7-15(31)18(40-19)12-38-42(36,37-4-6-44-43-5-3-29)41-16-8-20(39-17(16)11-30)28-10-14(2)22(33)26-24(28)35/h9-10,15-20,29-31H,3-8,11-12H2,1-2H3,(H,25,32,34)(H,26,33,35)/t15?,16?,17-,18-,19-,20-,42?/m1/s1. The van der Waals surface area contributed by atoms with Crippen molar-refractivity contribution >= 4 is 29.4 Å². The number of nitrogens with zero attached hydrogens (tertiary/aromatic N) is 2. The lowest BCUT2D eigenvalue weighted by molar-refractivity contribution is -0.0598. The van der Waals surface area contributed by atoms with Crippen LogP contribution in [0.2, 0.25) is 0 Å². The van der Waals surface area contributed by atoms with E-state index in [4.69, 9.17) is 28.2 Å². The molecule has 7 atom stereocenters. The van der Waals surface area contributed by atoms with Gasteiger partial charge in [-0.25, -0.2) is 14.2 Å². The summed E-state index contributed by atoms with van der Waals surface area (Å²) < 4.78 is 44.6. The highest BCUT2D eigenvalue weighted by atomic mass is 33.1. The molecule has 0 radical (unpaired) electrons. The zero-order chi connectivity index (χ0) is 32.0. The highest BCUT2D eigenvalue weighted by molar-refractivity contribution is 8.76. The Kier molecular flexibility index (Phi) is 12.3. The first-order valence-electron chi connectivity index (χ1n) is 13.6. The number of H-pyrrole nitrogens is 2. The van der Waals surface area contributed by atoms with Crippen LogP contribution in [-0.2, 0) is 27.6 Å². The summed E-state index contributed by atoms with van der Waals surface area (Å²) in [5.74, 6) is 0.827. The van der Waals surface area contributed by atoms with Crippen LogP contribution in [0.5, 0.6) is 0 Å². The third-order valence-corrected chi connectivity index (χ3v) is 10.7. The molecule has 0 saturated carbocycles. The Labute approximate surface area is 257 Å². The zero-order valence-corrected chi connectivity index (χ0v) is 26.4. The lowest BCUT2D eigenvalue weighted by atomic mass is 10.2. The van der Waals surface area contributed by atoms with E-state index in [1.807, 2.05) is 0 Å². The van der Waals surface area contributed by atoms with Gasteiger partial charge in [0.05, 0.1) is 32.5 Å². The Morgan fingerprint density at radius 3 is 2.07 bits per heavy atom. The Morgan fingerprint density at radius 2 is 1.48 bits per heavy atom. The fraction of sp³-hybridized carbons (Fsp3) is 0.667. The maximum absolute atomic E-state index is 13.9. The molecule has 2 aromatic rings. The van der Waals surface area contributed by atoms with Gasteiger partial charge in [-0.2, -0.15) is 0 Å². The minimum absolute atomic E-state index is 0.0119. The molecule has 20 heteroatoms. The van der Waals surface area contributed by atoms with E-state index < -0.39 is 80.4 Å². The fourth-order valence-corrected chi connectivity index (χ4v) is 7.66. The fourth-order valence-electron chi connectivity index (χ4n) is 4.55. The predicted molar refractivity (Wildman–Crippen MR) is 159 cm³/mol. The summed E-state index contributed by atoms with van der Waals surface area (Å²) in [7, 11) is -1.69. The van der Waals surface area contributed by atoms with E-state index in [-0.39, 0.29) is 37.2 Å². The van der Waals surface area contributed by atoms with Crippen LogP contribution in [-0.4, -0.2) is 96.8 Å². The van der Waals surface area contributed by atoms with E-state index in [2.05, 4.69) is 9.97 Å². The molecule has 17 nitrogen and oxygen atoms in total. The Bertz CT molecular complexity index is 1560. The number of hydrogen-bond acceptors (Lipinski definition) is 15. The number of aliphatic hydroxyl groups excluding tert-OH is 3. The molecular formula is C24H35N4O13PS2. The van der Waals surface area contributed by atoms with Crippen LogP contribution < -0.4 is 22.5 Å². The first-order chi connectivity index (χ1) is 20.9. The molecule has 2 aromatic heterocycles. The van der Waals surface area contributed by atoms with Crippen LogP contribution in [0.1, 0.15) is 36.4 Å². The Balaban J connectivity index is 1.47. The molecule has 0 spiro atoms. The van der Waals surface area contributed by atoms with E-state index >= 15 is 0 Å². The molecule has 2 fully saturated rings. The smallest absolute Gasteiger partial charge is 0.395 e. The second-order valence-corrected chi connectivity index (χ2v) is 14.3. The van der Waals surface area contributed by atoms with Gasteiger partial charge in [0.15, 0.2) is 0 Å². The van der Waals surface area contributed by atoms with Crippen LogP contribution in [0.15, 0.2) is 31.6 Å². The van der Waals surface area contributed by atoms with Gasteiger partial charge in [-0.3, -0.25) is 42.3 Å². The van der Waals surface area contributed by atoms with Crippen LogP contribution in [0.4, 0.5) is 0 Å². The molecule has 4 heterocycles. The summed E-state index contributed by atoms with van der Waals surface area (Å²) in [6.45, 7) is 1.87. The Morgan fingerprint density at radius 1 is 0.909 bits per heavy atom. The van der Waals surface area contributed by atoms with E-state index in [1.165, 1.54) is 47.8 Å². The van der Waals surface area contributed by atoms with E-state index in [1.54, 1.807) is 0 Å². The molecule has 44 heavy (non-hydrogen) atoms. The van der Waals surface area contributed by atoms with Gasteiger partial charge < -0.3 is 24.8 Å². The third kappa shape index (κ3) is 8.61. The third-order valence-electron chi connectivity index (χ3n) is 6.81. The largest absolute Gasteiger partial charge is 0.475 e. The maximum Gasteiger partial charge on any atom is 0.475 e. The van der Waals surface area contributed by atoms with Crippen molar-refractivity contribution in [2.75, 3.05) is 37.9 Å². The average Bonchev–Trinajstić information content (AvgIpc) is 3.55. The van der Waals surface area contributed by atoms with Gasteiger partial charge in [0.1, 0.15) is 30.8 Å². The summed E-state index contributed by atoms with van der Waals surface area (Å²) in [5, 5.41) is 29.5.